The van der Waals surface area contributed by atoms with Crippen LogP contribution in [0.2, 0.25) is 0 Å². The Hall–Kier alpha value is -2.14. The lowest BCUT2D eigenvalue weighted by atomic mass is 9.97. The molecule has 2 unspecified atom stereocenters. The van der Waals surface area contributed by atoms with E-state index >= 15 is 0 Å². The highest BCUT2D eigenvalue weighted by Crippen LogP contribution is 2.23. The number of hydrogen-bond donors (Lipinski definition) is 1. The third kappa shape index (κ3) is 4.48. The molecule has 134 valence electrons. The summed E-state index contributed by atoms with van der Waals surface area (Å²) in [5.41, 5.74) is 1.01. The number of aliphatic hydroxyl groups excluding tert-OH is 1. The molecular formula is C20H26N2O3. The maximum atomic E-state index is 12.5. The predicted octanol–water partition coefficient (Wildman–Crippen LogP) is 3.43. The molecule has 0 bridgehead atoms. The summed E-state index contributed by atoms with van der Waals surface area (Å²) in [6, 6.07) is 9.84. The highest BCUT2D eigenvalue weighted by Gasteiger charge is 2.29. The van der Waals surface area contributed by atoms with Gasteiger partial charge in [-0.3, -0.25) is 4.79 Å². The van der Waals surface area contributed by atoms with E-state index in [1.54, 1.807) is 13.1 Å². The molecule has 1 fully saturated rings. The van der Waals surface area contributed by atoms with Crippen LogP contribution in [0.3, 0.4) is 0 Å². The summed E-state index contributed by atoms with van der Waals surface area (Å²) in [5.74, 6) is 1.55. The third-order valence-electron chi connectivity index (χ3n) is 4.82. The van der Waals surface area contributed by atoms with Crippen LogP contribution < -0.4 is 0 Å². The average Bonchev–Trinajstić information content (AvgIpc) is 3.11. The minimum absolute atomic E-state index is 0.0346. The summed E-state index contributed by atoms with van der Waals surface area (Å²) >= 11 is 0. The number of aryl methyl sites for hydroxylation is 1. The molecule has 1 N–H and O–H groups in total. The van der Waals surface area contributed by atoms with Crippen LogP contribution in [0, 0.1) is 0 Å². The second-order valence-corrected chi connectivity index (χ2v) is 6.73. The summed E-state index contributed by atoms with van der Waals surface area (Å²) in [7, 11) is 0. The van der Waals surface area contributed by atoms with Crippen molar-refractivity contribution in [1.29, 1.82) is 0 Å². The first-order valence-corrected chi connectivity index (χ1v) is 9.13. The predicted molar refractivity (Wildman–Crippen MR) is 95.9 cm³/mol. The number of carbonyl (C=O) groups excluding carboxylic acids is 1. The molecule has 0 spiro atoms. The van der Waals surface area contributed by atoms with Crippen molar-refractivity contribution in [1.82, 2.24) is 9.88 Å². The molecule has 1 aliphatic rings. The lowest BCUT2D eigenvalue weighted by molar-refractivity contribution is -0.137. The van der Waals surface area contributed by atoms with Gasteiger partial charge in [-0.1, -0.05) is 30.3 Å². The highest BCUT2D eigenvalue weighted by atomic mass is 16.4. The first-order valence-electron chi connectivity index (χ1n) is 9.13. The largest absolute Gasteiger partial charge is 0.441 e. The normalized spacial score (nSPS) is 19.0. The smallest absolute Gasteiger partial charge is 0.222 e. The maximum absolute atomic E-state index is 12.5. The van der Waals surface area contributed by atoms with Crippen molar-refractivity contribution in [3.63, 3.8) is 0 Å². The Morgan fingerprint density at radius 2 is 2.16 bits per heavy atom. The molecule has 0 saturated carbocycles. The van der Waals surface area contributed by atoms with Crippen LogP contribution in [0.15, 0.2) is 40.9 Å². The topological polar surface area (TPSA) is 66.6 Å². The zero-order valence-corrected chi connectivity index (χ0v) is 14.7. The van der Waals surface area contributed by atoms with Crippen molar-refractivity contribution in [2.24, 2.45) is 0 Å². The minimum Gasteiger partial charge on any atom is -0.441 e. The van der Waals surface area contributed by atoms with Gasteiger partial charge in [0.1, 0.15) is 0 Å². The molecule has 5 heteroatoms. The SMILES string of the molecule is CC(O)C1CCCCN1C(=O)CCCc1ncc(-c2ccccc2)o1. The maximum Gasteiger partial charge on any atom is 0.222 e. The van der Waals surface area contributed by atoms with Crippen LogP contribution in [0.1, 0.15) is 44.9 Å². The van der Waals surface area contributed by atoms with Crippen LogP contribution in [0.5, 0.6) is 0 Å². The zero-order chi connectivity index (χ0) is 17.6. The van der Waals surface area contributed by atoms with Gasteiger partial charge in [0.15, 0.2) is 11.7 Å². The Labute approximate surface area is 148 Å². The standard InChI is InChI=1S/C20H26N2O3/c1-15(23)17-10-5-6-13-22(17)20(24)12-7-11-19-21-14-18(25-19)16-8-3-2-4-9-16/h2-4,8-9,14-15,17,23H,5-7,10-13H2,1H3. The van der Waals surface area contributed by atoms with Crippen LogP contribution >= 0.6 is 0 Å². The second-order valence-electron chi connectivity index (χ2n) is 6.73. The van der Waals surface area contributed by atoms with E-state index in [1.165, 1.54) is 0 Å². The van der Waals surface area contributed by atoms with Crippen LogP contribution in [-0.2, 0) is 11.2 Å². The van der Waals surface area contributed by atoms with Crippen molar-refractivity contribution in [3.05, 3.63) is 42.4 Å². The fourth-order valence-electron chi connectivity index (χ4n) is 3.46. The number of likely N-dealkylation sites (tertiary alicyclic amines) is 1. The van der Waals surface area contributed by atoms with E-state index in [-0.39, 0.29) is 11.9 Å². The average molecular weight is 342 g/mol. The van der Waals surface area contributed by atoms with Crippen molar-refractivity contribution in [2.45, 2.75) is 57.6 Å². The summed E-state index contributed by atoms with van der Waals surface area (Å²) in [4.78, 5) is 18.7. The fraction of sp³-hybridized carbons (Fsp3) is 0.500. The Morgan fingerprint density at radius 3 is 2.92 bits per heavy atom. The first kappa shape index (κ1) is 17.7. The first-order chi connectivity index (χ1) is 12.1. The van der Waals surface area contributed by atoms with Crippen molar-refractivity contribution >= 4 is 5.91 Å². The van der Waals surface area contributed by atoms with Gasteiger partial charge < -0.3 is 14.4 Å². The number of piperidine rings is 1. The molecule has 0 aliphatic carbocycles. The molecule has 0 radical (unpaired) electrons. The number of hydrogen-bond acceptors (Lipinski definition) is 4. The zero-order valence-electron chi connectivity index (χ0n) is 14.7. The lowest BCUT2D eigenvalue weighted by Gasteiger charge is -2.37. The van der Waals surface area contributed by atoms with E-state index in [1.807, 2.05) is 35.2 Å². The number of carbonyl (C=O) groups is 1. The fourth-order valence-corrected chi connectivity index (χ4v) is 3.46. The van der Waals surface area contributed by atoms with Crippen LogP contribution in [-0.4, -0.2) is 39.6 Å². The van der Waals surface area contributed by atoms with Crippen LogP contribution in [0.25, 0.3) is 11.3 Å². The molecule has 1 saturated heterocycles. The molecule has 1 aliphatic heterocycles. The quantitative estimate of drug-likeness (QED) is 0.873. The number of nitrogens with zero attached hydrogens (tertiary/aromatic N) is 2. The molecule has 2 atom stereocenters. The Kier molecular flexibility index (Phi) is 5.87. The van der Waals surface area contributed by atoms with Crippen molar-refractivity contribution in [2.75, 3.05) is 6.54 Å². The Bertz CT molecular complexity index is 681. The second kappa shape index (κ2) is 8.30. The monoisotopic (exact) mass is 342 g/mol. The van der Waals surface area contributed by atoms with Gasteiger partial charge in [0.05, 0.1) is 18.3 Å². The lowest BCUT2D eigenvalue weighted by Crippen LogP contribution is -2.48. The van der Waals surface area contributed by atoms with Crippen molar-refractivity contribution < 1.29 is 14.3 Å². The summed E-state index contributed by atoms with van der Waals surface area (Å²) in [6.45, 7) is 2.53. The Balaban J connectivity index is 1.51. The van der Waals surface area contributed by atoms with Gasteiger partial charge in [-0.05, 0) is 32.6 Å². The summed E-state index contributed by atoms with van der Waals surface area (Å²) in [5, 5.41) is 9.89. The molecule has 5 nitrogen and oxygen atoms in total. The van der Waals surface area contributed by atoms with Gasteiger partial charge in [-0.15, -0.1) is 0 Å². The summed E-state index contributed by atoms with van der Waals surface area (Å²) < 4.78 is 5.78. The summed E-state index contributed by atoms with van der Waals surface area (Å²) in [6.07, 6.45) is 6.08. The van der Waals surface area contributed by atoms with Gasteiger partial charge in [0, 0.05) is 24.9 Å². The molecule has 2 aromatic rings. The number of oxazole rings is 1. The highest BCUT2D eigenvalue weighted by molar-refractivity contribution is 5.76. The molecule has 1 amide bonds. The number of benzene rings is 1. The van der Waals surface area contributed by atoms with E-state index in [2.05, 4.69) is 4.98 Å². The molecular weight excluding hydrogens is 316 g/mol. The van der Waals surface area contributed by atoms with E-state index in [4.69, 9.17) is 4.42 Å². The van der Waals surface area contributed by atoms with E-state index < -0.39 is 6.10 Å². The van der Waals surface area contributed by atoms with Crippen LogP contribution in [0.4, 0.5) is 0 Å². The molecule has 1 aromatic heterocycles. The van der Waals surface area contributed by atoms with Gasteiger partial charge in [0.2, 0.25) is 5.91 Å². The van der Waals surface area contributed by atoms with Gasteiger partial charge in [-0.2, -0.15) is 0 Å². The Morgan fingerprint density at radius 1 is 1.36 bits per heavy atom. The van der Waals surface area contributed by atoms with E-state index in [9.17, 15) is 9.90 Å². The van der Waals surface area contributed by atoms with Gasteiger partial charge in [-0.25, -0.2) is 4.98 Å². The molecule has 3 rings (SSSR count). The number of aliphatic hydroxyl groups is 1. The molecule has 25 heavy (non-hydrogen) atoms. The van der Waals surface area contributed by atoms with E-state index in [0.717, 1.165) is 37.1 Å². The van der Waals surface area contributed by atoms with Gasteiger partial charge >= 0.3 is 0 Å². The van der Waals surface area contributed by atoms with Gasteiger partial charge in [0.25, 0.3) is 0 Å². The number of aromatic nitrogens is 1. The third-order valence-corrected chi connectivity index (χ3v) is 4.82. The number of rotatable bonds is 6. The van der Waals surface area contributed by atoms with Crippen molar-refractivity contribution in [3.8, 4) is 11.3 Å². The minimum atomic E-state index is -0.468. The molecule has 2 heterocycles. The van der Waals surface area contributed by atoms with E-state index in [0.29, 0.717) is 25.2 Å². The number of amides is 1. The molecule has 1 aromatic carbocycles.